The number of carbonyl (C=O) groups is 2. The Bertz CT molecular complexity index is 452. The Hall–Kier alpha value is -2.10. The first-order valence-corrected chi connectivity index (χ1v) is 5.39. The highest BCUT2D eigenvalue weighted by atomic mass is 16.2. The molecule has 0 aromatic heterocycles. The van der Waals surface area contributed by atoms with Crippen molar-refractivity contribution in [1.82, 2.24) is 0 Å². The topological polar surface area (TPSA) is 72.2 Å². The van der Waals surface area contributed by atoms with Crippen LogP contribution < -0.4 is 11.1 Å². The van der Waals surface area contributed by atoms with Gasteiger partial charge in [-0.25, -0.2) is 0 Å². The van der Waals surface area contributed by atoms with Crippen molar-refractivity contribution in [2.45, 2.75) is 13.3 Å². The maximum Gasteiger partial charge on any atom is 0.245 e. The zero-order valence-electron chi connectivity index (χ0n) is 9.82. The number of benzene rings is 1. The molecule has 3 N–H and O–H groups in total. The van der Waals surface area contributed by atoms with Crippen molar-refractivity contribution in [2.75, 3.05) is 11.9 Å². The van der Waals surface area contributed by atoms with Crippen molar-refractivity contribution in [3.63, 3.8) is 0 Å². The Labute approximate surface area is 101 Å². The number of nitrogens with one attached hydrogen (secondary N) is 1. The molecule has 0 amide bonds. The van der Waals surface area contributed by atoms with Gasteiger partial charge in [-0.3, -0.25) is 9.59 Å². The van der Waals surface area contributed by atoms with Crippen LogP contribution in [-0.4, -0.2) is 18.1 Å². The van der Waals surface area contributed by atoms with E-state index < -0.39 is 11.6 Å². The fourth-order valence-corrected chi connectivity index (χ4v) is 1.34. The number of rotatable bonds is 6. The molecule has 90 valence electrons. The van der Waals surface area contributed by atoms with Crippen LogP contribution in [0, 0.1) is 0 Å². The van der Waals surface area contributed by atoms with E-state index in [0.717, 1.165) is 17.7 Å². The second kappa shape index (κ2) is 5.84. The van der Waals surface area contributed by atoms with Crippen LogP contribution in [0.3, 0.4) is 0 Å². The van der Waals surface area contributed by atoms with Crippen molar-refractivity contribution >= 4 is 17.3 Å². The van der Waals surface area contributed by atoms with Crippen LogP contribution in [-0.2, 0) is 16.0 Å². The van der Waals surface area contributed by atoms with Crippen molar-refractivity contribution in [3.05, 3.63) is 42.1 Å². The fraction of sp³-hybridized carbons (Fsp3) is 0.231. The molecule has 0 fully saturated rings. The highest BCUT2D eigenvalue weighted by Crippen LogP contribution is 2.10. The highest BCUT2D eigenvalue weighted by Gasteiger charge is 2.14. The third kappa shape index (κ3) is 3.75. The van der Waals surface area contributed by atoms with Crippen LogP contribution in [0.2, 0.25) is 0 Å². The quantitative estimate of drug-likeness (QED) is 0.572. The van der Waals surface area contributed by atoms with E-state index in [4.69, 9.17) is 5.73 Å². The molecule has 17 heavy (non-hydrogen) atoms. The number of hydrogen-bond donors (Lipinski definition) is 2. The van der Waals surface area contributed by atoms with Gasteiger partial charge < -0.3 is 11.1 Å². The van der Waals surface area contributed by atoms with Crippen LogP contribution in [0.25, 0.3) is 0 Å². The van der Waals surface area contributed by atoms with E-state index in [1.807, 2.05) is 31.2 Å². The van der Waals surface area contributed by atoms with Crippen LogP contribution in [0.5, 0.6) is 0 Å². The summed E-state index contributed by atoms with van der Waals surface area (Å²) in [6.45, 7) is 5.22. The average Bonchev–Trinajstić information content (AvgIpc) is 2.35. The molecular weight excluding hydrogens is 216 g/mol. The number of allylic oxidation sites excluding steroid dienone is 1. The van der Waals surface area contributed by atoms with Gasteiger partial charge in [0.05, 0.1) is 12.2 Å². The van der Waals surface area contributed by atoms with E-state index >= 15 is 0 Å². The average molecular weight is 232 g/mol. The molecule has 4 heteroatoms. The lowest BCUT2D eigenvalue weighted by atomic mass is 10.1. The molecular formula is C13H16N2O2. The lowest BCUT2D eigenvalue weighted by Gasteiger charge is -2.06. The van der Waals surface area contributed by atoms with E-state index in [-0.39, 0.29) is 12.2 Å². The fourth-order valence-electron chi connectivity index (χ4n) is 1.34. The molecule has 0 aliphatic carbocycles. The zero-order chi connectivity index (χ0) is 12.8. The van der Waals surface area contributed by atoms with Gasteiger partial charge in [0.2, 0.25) is 11.6 Å². The predicted molar refractivity (Wildman–Crippen MR) is 67.7 cm³/mol. The molecule has 4 nitrogen and oxygen atoms in total. The van der Waals surface area contributed by atoms with Crippen molar-refractivity contribution in [2.24, 2.45) is 5.73 Å². The largest absolute Gasteiger partial charge is 0.396 e. The molecule has 0 saturated carbocycles. The molecule has 0 aliphatic heterocycles. The second-order valence-corrected chi connectivity index (χ2v) is 3.69. The summed E-state index contributed by atoms with van der Waals surface area (Å²) < 4.78 is 0. The molecule has 0 heterocycles. The number of Topliss-reactive ketones (excluding diaryl/α,β-unsaturated/α-hetero) is 2. The summed E-state index contributed by atoms with van der Waals surface area (Å²) in [5.41, 5.74) is 6.91. The molecule has 0 atom stereocenters. The molecule has 1 aromatic carbocycles. The summed E-state index contributed by atoms with van der Waals surface area (Å²) >= 11 is 0. The highest BCUT2D eigenvalue weighted by molar-refractivity contribution is 6.44. The minimum atomic E-state index is -0.732. The van der Waals surface area contributed by atoms with Crippen molar-refractivity contribution in [3.8, 4) is 0 Å². The minimum Gasteiger partial charge on any atom is -0.396 e. The second-order valence-electron chi connectivity index (χ2n) is 3.69. The lowest BCUT2D eigenvalue weighted by molar-refractivity contribution is -0.133. The molecule has 0 spiro atoms. The normalized spacial score (nSPS) is 9.71. The lowest BCUT2D eigenvalue weighted by Crippen LogP contribution is -2.26. The molecule has 0 saturated heterocycles. The summed E-state index contributed by atoms with van der Waals surface area (Å²) in [7, 11) is 0. The molecule has 1 aromatic rings. The molecule has 0 unspecified atom stereocenters. The first-order chi connectivity index (χ1) is 8.04. The molecule has 0 aliphatic rings. The van der Waals surface area contributed by atoms with Gasteiger partial charge in [-0.1, -0.05) is 25.6 Å². The smallest absolute Gasteiger partial charge is 0.245 e. The van der Waals surface area contributed by atoms with Gasteiger partial charge in [0.25, 0.3) is 0 Å². The van der Waals surface area contributed by atoms with Gasteiger partial charge in [0.1, 0.15) is 0 Å². The molecule has 0 bridgehead atoms. The van der Waals surface area contributed by atoms with Crippen LogP contribution in [0.4, 0.5) is 5.69 Å². The monoisotopic (exact) mass is 232 g/mol. The van der Waals surface area contributed by atoms with Gasteiger partial charge in [-0.15, -0.1) is 0 Å². The maximum atomic E-state index is 11.4. The van der Waals surface area contributed by atoms with Crippen molar-refractivity contribution in [1.29, 1.82) is 0 Å². The van der Waals surface area contributed by atoms with E-state index in [1.54, 1.807) is 0 Å². The maximum absolute atomic E-state index is 11.4. The zero-order valence-corrected chi connectivity index (χ0v) is 9.82. The minimum absolute atomic E-state index is 0.0672. The Balaban J connectivity index is 2.58. The number of nitrogens with two attached hydrogens (primary N) is 1. The van der Waals surface area contributed by atoms with Gasteiger partial charge in [0, 0.05) is 5.69 Å². The van der Waals surface area contributed by atoms with Gasteiger partial charge in [0.15, 0.2) is 0 Å². The third-order valence-electron chi connectivity index (χ3n) is 2.33. The number of hydrogen-bond acceptors (Lipinski definition) is 4. The first-order valence-electron chi connectivity index (χ1n) is 5.39. The summed E-state index contributed by atoms with van der Waals surface area (Å²) in [6, 6.07) is 7.68. The predicted octanol–water partition coefficient (Wildman–Crippen LogP) is 1.27. The molecule has 0 radical (unpaired) electrons. The van der Waals surface area contributed by atoms with E-state index in [2.05, 4.69) is 11.9 Å². The van der Waals surface area contributed by atoms with Crippen molar-refractivity contribution < 1.29 is 9.59 Å². The van der Waals surface area contributed by atoms with Gasteiger partial charge >= 0.3 is 0 Å². The summed E-state index contributed by atoms with van der Waals surface area (Å²) in [5, 5.41) is 2.89. The molecule has 1 rings (SSSR count). The summed E-state index contributed by atoms with van der Waals surface area (Å²) in [6.07, 6.45) is 0.919. The SMILES string of the molecule is C=C(N)C(=O)C(=O)CNc1cccc(CC)c1. The first kappa shape index (κ1) is 13.0. The number of aryl methyl sites for hydroxylation is 1. The standard InChI is InChI=1S/C13H16N2O2/c1-3-10-5-4-6-11(7-10)15-8-12(16)13(17)9(2)14/h4-7,15H,2-3,8,14H2,1H3. The number of carbonyl (C=O) groups excluding carboxylic acids is 2. The number of anilines is 1. The third-order valence-corrected chi connectivity index (χ3v) is 2.33. The number of ketones is 2. The van der Waals surface area contributed by atoms with E-state index in [1.165, 1.54) is 0 Å². The van der Waals surface area contributed by atoms with E-state index in [9.17, 15) is 9.59 Å². The summed E-state index contributed by atoms with van der Waals surface area (Å²) in [4.78, 5) is 22.5. The van der Waals surface area contributed by atoms with Gasteiger partial charge in [-0.2, -0.15) is 0 Å². The van der Waals surface area contributed by atoms with E-state index in [0.29, 0.717) is 0 Å². The Kier molecular flexibility index (Phi) is 4.46. The van der Waals surface area contributed by atoms with Gasteiger partial charge in [-0.05, 0) is 24.1 Å². The van der Waals surface area contributed by atoms with Crippen LogP contribution >= 0.6 is 0 Å². The Morgan fingerprint density at radius 1 is 1.41 bits per heavy atom. The summed E-state index contributed by atoms with van der Waals surface area (Å²) in [5.74, 6) is -1.32. The van der Waals surface area contributed by atoms with Crippen LogP contribution in [0.15, 0.2) is 36.5 Å². The van der Waals surface area contributed by atoms with Crippen LogP contribution in [0.1, 0.15) is 12.5 Å². The Morgan fingerprint density at radius 2 is 2.12 bits per heavy atom. The Morgan fingerprint density at radius 3 is 2.71 bits per heavy atom.